The number of alkyl carbamates (subject to hydrolysis) is 2. The van der Waals surface area contributed by atoms with Crippen LogP contribution in [0.15, 0.2) is 0 Å². The highest BCUT2D eigenvalue weighted by molar-refractivity contribution is 5.67. The summed E-state index contributed by atoms with van der Waals surface area (Å²) >= 11 is 0. The van der Waals surface area contributed by atoms with Crippen LogP contribution in [0.4, 0.5) is 44.7 Å². The first-order valence-electron chi connectivity index (χ1n) is 11.6. The van der Waals surface area contributed by atoms with Gasteiger partial charge in [-0.3, -0.25) is 0 Å². The summed E-state index contributed by atoms with van der Waals surface area (Å²) in [5.41, 5.74) is -1.63. The Bertz CT molecular complexity index is 693. The van der Waals surface area contributed by atoms with Gasteiger partial charge in [-0.2, -0.15) is 35.1 Å². The number of hydrogen-bond donors (Lipinski definition) is 2. The van der Waals surface area contributed by atoms with E-state index in [4.69, 9.17) is 9.47 Å². The van der Waals surface area contributed by atoms with E-state index < -0.39 is 73.5 Å². The van der Waals surface area contributed by atoms with Gasteiger partial charge in [-0.1, -0.05) is 0 Å². The van der Waals surface area contributed by atoms with Crippen molar-refractivity contribution in [3.63, 3.8) is 0 Å². The number of hydrogen-bond acceptors (Lipinski definition) is 6. The molecule has 2 amide bonds. The number of ether oxygens (including phenoxy) is 4. The lowest BCUT2D eigenvalue weighted by molar-refractivity contribution is -0.376. The normalized spacial score (nSPS) is 13.7. The number of nitrogens with one attached hydrogen (secondary N) is 2. The van der Waals surface area contributed by atoms with Crippen LogP contribution in [-0.4, -0.2) is 86.6 Å². The van der Waals surface area contributed by atoms with Gasteiger partial charge in [0.1, 0.15) is 24.4 Å². The molecule has 0 saturated carbocycles. The second-order valence-electron chi connectivity index (χ2n) is 10.2. The molecule has 16 heteroatoms. The maximum atomic E-state index is 13.9. The smallest absolute Gasteiger partial charge is 0.407 e. The number of rotatable bonds is 15. The highest BCUT2D eigenvalue weighted by Gasteiger charge is 2.80. The number of carbonyl (C=O) groups excluding carboxylic acids is 2. The van der Waals surface area contributed by atoms with Gasteiger partial charge in [-0.05, 0) is 54.4 Å². The van der Waals surface area contributed by atoms with Crippen molar-refractivity contribution in [2.45, 2.75) is 89.3 Å². The molecule has 8 nitrogen and oxygen atoms in total. The summed E-state index contributed by atoms with van der Waals surface area (Å²) in [4.78, 5) is 22.8. The fraction of sp³-hybridized carbons (Fsp3) is 0.909. The van der Waals surface area contributed by atoms with Gasteiger partial charge in [0.15, 0.2) is 0 Å². The van der Waals surface area contributed by atoms with Gasteiger partial charge < -0.3 is 29.6 Å². The van der Waals surface area contributed by atoms with Crippen LogP contribution in [0, 0.1) is 0 Å². The van der Waals surface area contributed by atoms with E-state index in [9.17, 15) is 44.7 Å². The minimum atomic E-state index is -6.50. The Hall–Kier alpha value is -2.10. The first-order chi connectivity index (χ1) is 17.0. The number of amides is 2. The van der Waals surface area contributed by atoms with Crippen LogP contribution in [0.5, 0.6) is 0 Å². The zero-order valence-corrected chi connectivity index (χ0v) is 22.1. The van der Waals surface area contributed by atoms with Crippen molar-refractivity contribution < 1.29 is 63.7 Å². The van der Waals surface area contributed by atoms with Crippen LogP contribution in [0.1, 0.15) is 54.4 Å². The van der Waals surface area contributed by atoms with E-state index in [0.717, 1.165) is 0 Å². The van der Waals surface area contributed by atoms with E-state index in [0.29, 0.717) is 0 Å². The largest absolute Gasteiger partial charge is 0.444 e. The molecule has 0 fully saturated rings. The van der Waals surface area contributed by atoms with Crippen molar-refractivity contribution in [3.8, 4) is 0 Å². The van der Waals surface area contributed by atoms with E-state index >= 15 is 0 Å². The topological polar surface area (TPSA) is 95.1 Å². The number of halogens is 8. The maximum Gasteiger partial charge on any atom is 0.407 e. The van der Waals surface area contributed by atoms with Crippen molar-refractivity contribution >= 4 is 12.2 Å². The van der Waals surface area contributed by atoms with Crippen molar-refractivity contribution in [3.05, 3.63) is 0 Å². The lowest BCUT2D eigenvalue weighted by atomic mass is 9.99. The summed E-state index contributed by atoms with van der Waals surface area (Å²) in [5.74, 6) is -24.3. The Morgan fingerprint density at radius 3 is 1.13 bits per heavy atom. The second-order valence-corrected chi connectivity index (χ2v) is 10.2. The van der Waals surface area contributed by atoms with Gasteiger partial charge in [0.05, 0.1) is 0 Å². The molecule has 38 heavy (non-hydrogen) atoms. The molecule has 0 heterocycles. The SMILES string of the molecule is CC(C)(C)OC(=O)NCCCOCC(F)(F)C(F)(F)C(F)(F)C(F)(F)COCCCNC(=O)OC(C)(C)C. The highest BCUT2D eigenvalue weighted by Crippen LogP contribution is 2.52. The molecular weight excluding hydrogens is 540 g/mol. The van der Waals surface area contributed by atoms with E-state index in [1.165, 1.54) is 0 Å². The van der Waals surface area contributed by atoms with Crippen LogP contribution in [0.2, 0.25) is 0 Å². The third-order valence-corrected chi connectivity index (χ3v) is 4.15. The molecule has 0 rings (SSSR count). The fourth-order valence-corrected chi connectivity index (χ4v) is 2.40. The average Bonchev–Trinajstić information content (AvgIpc) is 2.70. The van der Waals surface area contributed by atoms with Crippen molar-refractivity contribution in [2.24, 2.45) is 0 Å². The molecule has 2 N–H and O–H groups in total. The quantitative estimate of drug-likeness (QED) is 0.201. The Labute approximate surface area is 216 Å². The lowest BCUT2D eigenvalue weighted by Gasteiger charge is -2.36. The van der Waals surface area contributed by atoms with Crippen molar-refractivity contribution in [2.75, 3.05) is 39.5 Å². The molecule has 0 aliphatic heterocycles. The molecule has 0 saturated heterocycles. The third kappa shape index (κ3) is 12.2. The van der Waals surface area contributed by atoms with Gasteiger partial charge in [-0.25, -0.2) is 9.59 Å². The Balaban J connectivity index is 4.65. The minimum absolute atomic E-state index is 0.185. The molecule has 0 aromatic heterocycles. The van der Waals surface area contributed by atoms with Gasteiger partial charge in [-0.15, -0.1) is 0 Å². The monoisotopic (exact) mass is 576 g/mol. The Morgan fingerprint density at radius 2 is 0.868 bits per heavy atom. The molecular formula is C22H36F8N2O6. The lowest BCUT2D eigenvalue weighted by Crippen LogP contribution is -2.64. The van der Waals surface area contributed by atoms with E-state index in [2.05, 4.69) is 20.1 Å². The minimum Gasteiger partial charge on any atom is -0.444 e. The molecule has 0 atom stereocenters. The van der Waals surface area contributed by atoms with Gasteiger partial charge in [0, 0.05) is 26.3 Å². The van der Waals surface area contributed by atoms with Gasteiger partial charge >= 0.3 is 35.9 Å². The predicted octanol–water partition coefficient (Wildman–Crippen LogP) is 5.39. The van der Waals surface area contributed by atoms with Crippen LogP contribution in [-0.2, 0) is 18.9 Å². The van der Waals surface area contributed by atoms with Gasteiger partial charge in [0.2, 0.25) is 0 Å². The van der Waals surface area contributed by atoms with Gasteiger partial charge in [0.25, 0.3) is 0 Å². The van der Waals surface area contributed by atoms with E-state index in [-0.39, 0.29) is 25.9 Å². The van der Waals surface area contributed by atoms with Crippen LogP contribution in [0.3, 0.4) is 0 Å². The standard InChI is InChI=1S/C22H36F8N2O6/c1-17(2,3)37-15(33)31-9-7-11-35-13-19(23,24)21(27,28)22(29,30)20(25,26)14-36-12-8-10-32-16(34)38-18(4,5)6/h7-14H2,1-6H3,(H,31,33)(H,32,34). The second kappa shape index (κ2) is 13.8. The zero-order valence-electron chi connectivity index (χ0n) is 22.1. The van der Waals surface area contributed by atoms with E-state index in [1.54, 1.807) is 41.5 Å². The van der Waals surface area contributed by atoms with Crippen LogP contribution < -0.4 is 10.6 Å². The van der Waals surface area contributed by atoms with Crippen molar-refractivity contribution in [1.82, 2.24) is 10.6 Å². The summed E-state index contributed by atoms with van der Waals surface area (Å²) < 4.78 is 129. The highest BCUT2D eigenvalue weighted by atomic mass is 19.4. The average molecular weight is 577 g/mol. The molecule has 0 radical (unpaired) electrons. The summed E-state index contributed by atoms with van der Waals surface area (Å²) in [6, 6.07) is 0. The number of alkyl halides is 8. The van der Waals surface area contributed by atoms with Crippen LogP contribution in [0.25, 0.3) is 0 Å². The Kier molecular flexibility index (Phi) is 13.0. The molecule has 226 valence electrons. The predicted molar refractivity (Wildman–Crippen MR) is 119 cm³/mol. The molecule has 0 aromatic carbocycles. The maximum absolute atomic E-state index is 13.9. The number of carbonyl (C=O) groups is 2. The fourth-order valence-electron chi connectivity index (χ4n) is 2.40. The van der Waals surface area contributed by atoms with E-state index in [1.807, 2.05) is 0 Å². The molecule has 0 aromatic rings. The molecule has 0 aliphatic rings. The molecule has 0 unspecified atom stereocenters. The Morgan fingerprint density at radius 1 is 0.579 bits per heavy atom. The summed E-state index contributed by atoms with van der Waals surface area (Å²) in [6.45, 7) is 3.19. The molecule has 0 spiro atoms. The summed E-state index contributed by atoms with van der Waals surface area (Å²) in [5, 5.41) is 4.44. The summed E-state index contributed by atoms with van der Waals surface area (Å²) in [7, 11) is 0. The third-order valence-electron chi connectivity index (χ3n) is 4.15. The zero-order chi connectivity index (χ0) is 30.1. The molecule has 0 aliphatic carbocycles. The molecule has 0 bridgehead atoms. The van der Waals surface area contributed by atoms with Crippen LogP contribution >= 0.6 is 0 Å². The first-order valence-corrected chi connectivity index (χ1v) is 11.6. The summed E-state index contributed by atoms with van der Waals surface area (Å²) in [6.07, 6.45) is -2.08. The first kappa shape index (κ1) is 35.9. The van der Waals surface area contributed by atoms with Crippen molar-refractivity contribution in [1.29, 1.82) is 0 Å².